The minimum atomic E-state index is -0.0332. The summed E-state index contributed by atoms with van der Waals surface area (Å²) < 4.78 is 0. The Bertz CT molecular complexity index is 191. The van der Waals surface area contributed by atoms with Crippen LogP contribution < -0.4 is 10.6 Å². The van der Waals surface area contributed by atoms with Crippen molar-refractivity contribution in [3.63, 3.8) is 0 Å². The van der Waals surface area contributed by atoms with E-state index >= 15 is 0 Å². The van der Waals surface area contributed by atoms with Crippen LogP contribution in [0.15, 0.2) is 0 Å². The second-order valence-corrected chi connectivity index (χ2v) is 4.18. The first-order chi connectivity index (χ1) is 5.74. The van der Waals surface area contributed by atoms with Crippen molar-refractivity contribution < 1.29 is 4.79 Å². The molecule has 2 aliphatic carbocycles. The van der Waals surface area contributed by atoms with Gasteiger partial charge >= 0.3 is 6.03 Å². The third-order valence-corrected chi connectivity index (χ3v) is 3.34. The van der Waals surface area contributed by atoms with Crippen LogP contribution in [0.3, 0.4) is 0 Å². The van der Waals surface area contributed by atoms with Crippen LogP contribution in [0.5, 0.6) is 0 Å². The quantitative estimate of drug-likeness (QED) is 0.608. The summed E-state index contributed by atoms with van der Waals surface area (Å²) in [5, 5.41) is 5.52. The Morgan fingerprint density at radius 1 is 1.42 bits per heavy atom. The lowest BCUT2D eigenvalue weighted by molar-refractivity contribution is 0.00235. The van der Waals surface area contributed by atoms with Gasteiger partial charge in [-0.15, -0.1) is 0 Å². The number of amides is 2. The van der Waals surface area contributed by atoms with Gasteiger partial charge in [-0.25, -0.2) is 4.79 Å². The maximum Gasteiger partial charge on any atom is 0.314 e. The summed E-state index contributed by atoms with van der Waals surface area (Å²) in [6.07, 6.45) is 6.59. The molecule has 0 aromatic rings. The Hall–Kier alpha value is -0.730. The van der Waals surface area contributed by atoms with Gasteiger partial charge in [0, 0.05) is 13.1 Å². The molecule has 0 aromatic carbocycles. The van der Waals surface area contributed by atoms with Gasteiger partial charge in [0.15, 0.2) is 0 Å². The number of hydrogen-bond donors (Lipinski definition) is 2. The lowest BCUT2D eigenvalue weighted by Crippen LogP contribution is -2.55. The van der Waals surface area contributed by atoms with Crippen molar-refractivity contribution in [2.24, 2.45) is 5.41 Å². The molecule has 0 radical (unpaired) electrons. The normalized spacial score (nSPS) is 25.8. The molecule has 0 saturated heterocycles. The highest BCUT2D eigenvalue weighted by Gasteiger charge is 2.48. The number of carbonyl (C=O) groups excluding carboxylic acids is 1. The van der Waals surface area contributed by atoms with E-state index in [0.29, 0.717) is 11.5 Å². The predicted molar refractivity (Wildman–Crippen MR) is 46.9 cm³/mol. The van der Waals surface area contributed by atoms with Gasteiger partial charge in [0.25, 0.3) is 0 Å². The zero-order valence-electron chi connectivity index (χ0n) is 7.52. The molecule has 0 aliphatic heterocycles. The van der Waals surface area contributed by atoms with E-state index in [1.807, 2.05) is 0 Å². The molecule has 1 spiro atoms. The van der Waals surface area contributed by atoms with Crippen molar-refractivity contribution in [2.45, 2.75) is 38.1 Å². The maximum atomic E-state index is 10.9. The van der Waals surface area contributed by atoms with Crippen LogP contribution in [0.1, 0.15) is 32.1 Å². The van der Waals surface area contributed by atoms with Crippen molar-refractivity contribution in [3.8, 4) is 0 Å². The average molecular weight is 168 g/mol. The highest BCUT2D eigenvalue weighted by atomic mass is 16.2. The van der Waals surface area contributed by atoms with E-state index in [0.717, 1.165) is 0 Å². The molecule has 2 aliphatic rings. The van der Waals surface area contributed by atoms with Crippen molar-refractivity contribution in [1.29, 1.82) is 0 Å². The highest BCUT2D eigenvalue weighted by molar-refractivity contribution is 5.73. The molecule has 68 valence electrons. The molecule has 0 atom stereocenters. The standard InChI is InChI=1S/C9H16N2O/c1-10-8(12)11-7-5-9(6-7)3-2-4-9/h7H,2-6H2,1H3,(H2,10,11,12). The van der Waals surface area contributed by atoms with Crippen LogP contribution in [-0.2, 0) is 0 Å². The molecule has 0 aromatic heterocycles. The summed E-state index contributed by atoms with van der Waals surface area (Å²) >= 11 is 0. The minimum absolute atomic E-state index is 0.0332. The van der Waals surface area contributed by atoms with Gasteiger partial charge in [-0.1, -0.05) is 6.42 Å². The third kappa shape index (κ3) is 1.17. The Labute approximate surface area is 72.9 Å². The van der Waals surface area contributed by atoms with Crippen molar-refractivity contribution in [1.82, 2.24) is 10.6 Å². The van der Waals surface area contributed by atoms with Gasteiger partial charge in [-0.2, -0.15) is 0 Å². The van der Waals surface area contributed by atoms with E-state index in [9.17, 15) is 4.79 Å². The SMILES string of the molecule is CNC(=O)NC1CC2(CCC2)C1. The zero-order valence-corrected chi connectivity index (χ0v) is 7.52. The lowest BCUT2D eigenvalue weighted by atomic mass is 9.54. The monoisotopic (exact) mass is 168 g/mol. The molecular formula is C9H16N2O. The Morgan fingerprint density at radius 2 is 2.08 bits per heavy atom. The third-order valence-electron chi connectivity index (χ3n) is 3.34. The van der Waals surface area contributed by atoms with Gasteiger partial charge in [-0.3, -0.25) is 0 Å². The molecule has 0 bridgehead atoms. The van der Waals surface area contributed by atoms with E-state index in [1.165, 1.54) is 32.1 Å². The fourth-order valence-corrected chi connectivity index (χ4v) is 2.43. The second-order valence-electron chi connectivity index (χ2n) is 4.18. The maximum absolute atomic E-state index is 10.9. The van der Waals surface area contributed by atoms with Gasteiger partial charge in [-0.05, 0) is 31.1 Å². The molecule has 0 heterocycles. The predicted octanol–water partition coefficient (Wildman–Crippen LogP) is 1.25. The van der Waals surface area contributed by atoms with Gasteiger partial charge in [0.2, 0.25) is 0 Å². The van der Waals surface area contributed by atoms with E-state index in [1.54, 1.807) is 7.05 Å². The van der Waals surface area contributed by atoms with Crippen molar-refractivity contribution in [3.05, 3.63) is 0 Å². The van der Waals surface area contributed by atoms with Gasteiger partial charge in [0.1, 0.15) is 0 Å². The number of carbonyl (C=O) groups is 1. The fourth-order valence-electron chi connectivity index (χ4n) is 2.43. The highest BCUT2D eigenvalue weighted by Crippen LogP contribution is 2.55. The van der Waals surface area contributed by atoms with E-state index in [-0.39, 0.29) is 6.03 Å². The Kier molecular flexibility index (Phi) is 1.74. The molecule has 2 N–H and O–H groups in total. The molecule has 0 unspecified atom stereocenters. The van der Waals surface area contributed by atoms with Crippen LogP contribution in [0.25, 0.3) is 0 Å². The lowest BCUT2D eigenvalue weighted by Gasteiger charge is -2.54. The van der Waals surface area contributed by atoms with Gasteiger partial charge in [0.05, 0.1) is 0 Å². The number of hydrogen-bond acceptors (Lipinski definition) is 1. The summed E-state index contributed by atoms with van der Waals surface area (Å²) in [5.74, 6) is 0. The molecule has 2 fully saturated rings. The molecule has 3 heteroatoms. The number of rotatable bonds is 1. The average Bonchev–Trinajstić information content (AvgIpc) is 1.91. The number of nitrogens with one attached hydrogen (secondary N) is 2. The zero-order chi connectivity index (χ0) is 8.60. The first kappa shape index (κ1) is 7.90. The van der Waals surface area contributed by atoms with E-state index in [4.69, 9.17) is 0 Å². The second kappa shape index (κ2) is 2.64. The summed E-state index contributed by atoms with van der Waals surface area (Å²) in [6.45, 7) is 0. The minimum Gasteiger partial charge on any atom is -0.341 e. The summed E-state index contributed by atoms with van der Waals surface area (Å²) in [7, 11) is 1.66. The molecule has 2 rings (SSSR count). The first-order valence-electron chi connectivity index (χ1n) is 4.72. The van der Waals surface area contributed by atoms with Crippen molar-refractivity contribution in [2.75, 3.05) is 7.05 Å². The first-order valence-corrected chi connectivity index (χ1v) is 4.72. The molecule has 2 amide bonds. The van der Waals surface area contributed by atoms with Crippen molar-refractivity contribution >= 4 is 6.03 Å². The van der Waals surface area contributed by atoms with Crippen LogP contribution in [0.4, 0.5) is 4.79 Å². The summed E-state index contributed by atoms with van der Waals surface area (Å²) in [6, 6.07) is 0.416. The van der Waals surface area contributed by atoms with Gasteiger partial charge < -0.3 is 10.6 Å². The van der Waals surface area contributed by atoms with Crippen LogP contribution in [-0.4, -0.2) is 19.1 Å². The molecular weight excluding hydrogens is 152 g/mol. The largest absolute Gasteiger partial charge is 0.341 e. The molecule has 3 nitrogen and oxygen atoms in total. The van der Waals surface area contributed by atoms with Crippen LogP contribution >= 0.6 is 0 Å². The van der Waals surface area contributed by atoms with Crippen LogP contribution in [0.2, 0.25) is 0 Å². The summed E-state index contributed by atoms with van der Waals surface area (Å²) in [5.41, 5.74) is 0.658. The Balaban J connectivity index is 1.71. The topological polar surface area (TPSA) is 41.1 Å². The van der Waals surface area contributed by atoms with E-state index in [2.05, 4.69) is 10.6 Å². The van der Waals surface area contributed by atoms with Crippen LogP contribution in [0, 0.1) is 5.41 Å². The smallest absolute Gasteiger partial charge is 0.314 e. The Morgan fingerprint density at radius 3 is 2.50 bits per heavy atom. The molecule has 12 heavy (non-hydrogen) atoms. The number of urea groups is 1. The molecule has 2 saturated carbocycles. The fraction of sp³-hybridized carbons (Fsp3) is 0.889. The van der Waals surface area contributed by atoms with E-state index < -0.39 is 0 Å². The summed E-state index contributed by atoms with van der Waals surface area (Å²) in [4.78, 5) is 10.9.